The van der Waals surface area contributed by atoms with Gasteiger partial charge in [-0.25, -0.2) is 14.0 Å². The highest BCUT2D eigenvalue weighted by molar-refractivity contribution is 8.24. The van der Waals surface area contributed by atoms with Gasteiger partial charge in [0.1, 0.15) is 16.9 Å². The standard InChI is InChI=1S/C10H6Cl2N4.C10H9ClN4O2.Cl3OP/c11-7-1-2-16-8(7)9(12)14-10(15-16)6-3-5(6)4-13;11-6-1-2-15-7(6)10(17)13-9(14-15)5-3-4(5)8(12)16;1-5(2,3)4/h1-2,5-6H,3H2;1-2,4-5H,3H2,(H2,12,16)(H,13,14,17);/t5-,6+;4-,5-;/m01./s1. The van der Waals surface area contributed by atoms with Crippen LogP contribution in [-0.4, -0.2) is 35.1 Å². The van der Waals surface area contributed by atoms with Crippen LogP contribution in [0.3, 0.4) is 0 Å². The Morgan fingerprint density at radius 2 is 1.63 bits per heavy atom. The van der Waals surface area contributed by atoms with E-state index in [9.17, 15) is 14.2 Å². The van der Waals surface area contributed by atoms with Crippen molar-refractivity contribution in [2.45, 2.75) is 24.7 Å². The number of aromatic amines is 1. The summed E-state index contributed by atoms with van der Waals surface area (Å²) in [6, 6.07) is 5.52. The zero-order valence-electron chi connectivity index (χ0n) is 18.7. The fraction of sp³-hybridized carbons (Fsp3) is 0.300. The number of nitrogens with two attached hydrogens (primary N) is 1. The molecule has 2 fully saturated rings. The van der Waals surface area contributed by atoms with Crippen LogP contribution < -0.4 is 11.3 Å². The first-order chi connectivity index (χ1) is 17.8. The van der Waals surface area contributed by atoms with Gasteiger partial charge in [-0.1, -0.05) is 34.8 Å². The van der Waals surface area contributed by atoms with Gasteiger partial charge in [0.2, 0.25) is 5.91 Å². The van der Waals surface area contributed by atoms with Crippen LogP contribution >= 0.6 is 73.7 Å². The minimum absolute atomic E-state index is 0.0274. The molecular weight excluding hydrogens is 644 g/mol. The number of carbonyl (C=O) groups is 1. The minimum atomic E-state index is -3.22. The third-order valence-electron chi connectivity index (χ3n) is 5.72. The van der Waals surface area contributed by atoms with Crippen LogP contribution in [-0.2, 0) is 9.36 Å². The molecule has 0 bridgehead atoms. The lowest BCUT2D eigenvalue weighted by molar-refractivity contribution is -0.119. The van der Waals surface area contributed by atoms with E-state index in [0.717, 1.165) is 6.42 Å². The second kappa shape index (κ2) is 11.2. The Balaban J connectivity index is 0.000000151. The maximum absolute atomic E-state index is 11.8. The molecule has 2 aliphatic carbocycles. The number of aromatic nitrogens is 6. The number of H-pyrrole nitrogens is 1. The van der Waals surface area contributed by atoms with Crippen molar-refractivity contribution in [2.75, 3.05) is 0 Å². The number of rotatable bonds is 3. The molecule has 0 aromatic carbocycles. The number of nitriles is 1. The fourth-order valence-electron chi connectivity index (χ4n) is 3.73. The Bertz CT molecular complexity index is 1680. The van der Waals surface area contributed by atoms with Crippen molar-refractivity contribution >= 4 is 90.7 Å². The van der Waals surface area contributed by atoms with E-state index < -0.39 is 5.20 Å². The van der Waals surface area contributed by atoms with Crippen LogP contribution in [0.5, 0.6) is 0 Å². The lowest BCUT2D eigenvalue weighted by atomic mass is 10.3. The predicted molar refractivity (Wildman–Crippen MR) is 145 cm³/mol. The van der Waals surface area contributed by atoms with Crippen molar-refractivity contribution in [1.82, 2.24) is 29.2 Å². The summed E-state index contributed by atoms with van der Waals surface area (Å²) >= 11 is 31.7. The molecule has 2 saturated carbocycles. The minimum Gasteiger partial charge on any atom is -0.369 e. The van der Waals surface area contributed by atoms with Gasteiger partial charge in [-0.2, -0.15) is 15.5 Å². The highest BCUT2D eigenvalue weighted by Crippen LogP contribution is 2.61. The Kier molecular flexibility index (Phi) is 8.55. The highest BCUT2D eigenvalue weighted by Gasteiger charge is 2.45. The predicted octanol–water partition coefficient (Wildman–Crippen LogP) is 5.74. The number of nitrogens with zero attached hydrogens (tertiary/aromatic N) is 6. The number of primary amides is 1. The fourth-order valence-corrected chi connectivity index (χ4v) is 4.52. The van der Waals surface area contributed by atoms with E-state index in [0.29, 0.717) is 44.3 Å². The molecule has 11 nitrogen and oxygen atoms in total. The van der Waals surface area contributed by atoms with Crippen LogP contribution in [0, 0.1) is 23.2 Å². The summed E-state index contributed by atoms with van der Waals surface area (Å²) in [5, 5.41) is 15.3. The molecule has 2 aliphatic rings. The van der Waals surface area contributed by atoms with Gasteiger partial charge in [0, 0.05) is 30.1 Å². The molecule has 0 spiro atoms. The molecule has 0 radical (unpaired) electrons. The van der Waals surface area contributed by atoms with E-state index in [1.54, 1.807) is 29.0 Å². The average molecular weight is 659 g/mol. The van der Waals surface area contributed by atoms with E-state index in [2.05, 4.69) is 60.0 Å². The summed E-state index contributed by atoms with van der Waals surface area (Å²) in [5.74, 6) is 0.596. The number of carbonyl (C=O) groups excluding carboxylic acids is 1. The monoisotopic (exact) mass is 656 g/mol. The van der Waals surface area contributed by atoms with Gasteiger partial charge in [-0.15, -0.1) is 0 Å². The van der Waals surface area contributed by atoms with Crippen molar-refractivity contribution in [3.05, 3.63) is 61.7 Å². The summed E-state index contributed by atoms with van der Waals surface area (Å²) in [4.78, 5) is 29.6. The number of hydrogen-bond acceptors (Lipinski definition) is 7. The van der Waals surface area contributed by atoms with Gasteiger partial charge in [0.05, 0.1) is 22.0 Å². The molecule has 6 rings (SSSR count). The van der Waals surface area contributed by atoms with E-state index in [-0.39, 0.29) is 35.1 Å². The Labute approximate surface area is 243 Å². The molecule has 4 heterocycles. The van der Waals surface area contributed by atoms with E-state index >= 15 is 0 Å². The second-order valence-corrected chi connectivity index (χ2v) is 16.2. The Hall–Kier alpha value is -2.03. The van der Waals surface area contributed by atoms with Crippen molar-refractivity contribution in [1.29, 1.82) is 5.26 Å². The number of fused-ring (bicyclic) bond motifs is 2. The molecule has 1 amide bonds. The van der Waals surface area contributed by atoms with E-state index in [1.807, 2.05) is 0 Å². The van der Waals surface area contributed by atoms with Crippen molar-refractivity contribution in [3.63, 3.8) is 0 Å². The molecule has 3 N–H and O–H groups in total. The Morgan fingerprint density at radius 3 is 2.16 bits per heavy atom. The molecule has 0 saturated heterocycles. The van der Waals surface area contributed by atoms with Crippen LogP contribution in [0.25, 0.3) is 11.0 Å². The van der Waals surface area contributed by atoms with Crippen LogP contribution in [0.15, 0.2) is 29.3 Å². The first-order valence-corrected chi connectivity index (χ1v) is 16.2. The number of amides is 1. The van der Waals surface area contributed by atoms with Crippen LogP contribution in [0.1, 0.15) is 36.3 Å². The second-order valence-electron chi connectivity index (χ2n) is 8.34. The van der Waals surface area contributed by atoms with Gasteiger partial charge in [-0.3, -0.25) is 14.2 Å². The van der Waals surface area contributed by atoms with E-state index in [4.69, 9.17) is 45.8 Å². The summed E-state index contributed by atoms with van der Waals surface area (Å²) in [7, 11) is 0. The summed E-state index contributed by atoms with van der Waals surface area (Å²) in [5.41, 5.74) is 5.81. The lowest BCUT2D eigenvalue weighted by Crippen LogP contribution is -2.18. The maximum Gasteiger partial charge on any atom is 0.339 e. The van der Waals surface area contributed by atoms with Gasteiger partial charge >= 0.3 is 5.20 Å². The summed E-state index contributed by atoms with van der Waals surface area (Å²) in [6.07, 6.45) is 4.79. The molecular formula is C20H15Cl6N8O3P. The molecule has 4 aromatic heterocycles. The molecule has 0 aliphatic heterocycles. The van der Waals surface area contributed by atoms with Gasteiger partial charge in [0.15, 0.2) is 11.0 Å². The number of hydrogen-bond donors (Lipinski definition) is 2. The third-order valence-corrected chi connectivity index (χ3v) is 6.59. The smallest absolute Gasteiger partial charge is 0.339 e. The van der Waals surface area contributed by atoms with Crippen molar-refractivity contribution < 1.29 is 9.36 Å². The molecule has 4 atom stereocenters. The first kappa shape index (κ1) is 29.0. The molecule has 4 aromatic rings. The SMILES string of the molecule is N#C[C@@H]1C[C@H]1c1nc(Cl)c2c(Cl)ccn2n1.NC(=O)[C@@H]1C[C@H]1c1nn2ccc(Cl)c2c(=O)[nH]1.O=P(Cl)(Cl)Cl. The highest BCUT2D eigenvalue weighted by atomic mass is 36.0. The topological polar surface area (TPSA) is 164 Å². The van der Waals surface area contributed by atoms with Gasteiger partial charge in [0.25, 0.3) is 5.56 Å². The van der Waals surface area contributed by atoms with Gasteiger partial charge in [-0.05, 0) is 58.7 Å². The van der Waals surface area contributed by atoms with Crippen molar-refractivity contribution in [3.8, 4) is 6.07 Å². The van der Waals surface area contributed by atoms with Gasteiger partial charge < -0.3 is 10.7 Å². The lowest BCUT2D eigenvalue weighted by Gasteiger charge is -2.01. The van der Waals surface area contributed by atoms with Crippen molar-refractivity contribution in [2.24, 2.45) is 17.6 Å². The van der Waals surface area contributed by atoms with E-state index in [1.165, 1.54) is 4.52 Å². The Morgan fingerprint density at radius 1 is 1.05 bits per heavy atom. The zero-order valence-corrected chi connectivity index (χ0v) is 24.2. The summed E-state index contributed by atoms with van der Waals surface area (Å²) < 4.78 is 12.5. The molecule has 18 heteroatoms. The molecule has 0 unspecified atom stereocenters. The largest absolute Gasteiger partial charge is 0.369 e. The first-order valence-electron chi connectivity index (χ1n) is 10.6. The van der Waals surface area contributed by atoms with Crippen LogP contribution in [0.2, 0.25) is 15.2 Å². The normalized spacial score (nSPS) is 21.6. The van der Waals surface area contributed by atoms with Crippen LogP contribution in [0.4, 0.5) is 0 Å². The number of nitrogens with one attached hydrogen (secondary N) is 1. The zero-order chi connectivity index (χ0) is 27.9. The maximum atomic E-state index is 11.8. The number of halogens is 6. The average Bonchev–Trinajstić information content (AvgIpc) is 3.71. The summed E-state index contributed by atoms with van der Waals surface area (Å²) in [6.45, 7) is 0. The quantitative estimate of drug-likeness (QED) is 0.265. The molecule has 200 valence electrons. The molecule has 38 heavy (non-hydrogen) atoms. The third kappa shape index (κ3) is 6.75.